The highest BCUT2D eigenvalue weighted by Crippen LogP contribution is 2.37. The summed E-state index contributed by atoms with van der Waals surface area (Å²) in [6, 6.07) is 6.32. The van der Waals surface area contributed by atoms with E-state index >= 15 is 0 Å². The molecule has 0 aromatic heterocycles. The minimum atomic E-state index is -1.11. The summed E-state index contributed by atoms with van der Waals surface area (Å²) in [5, 5.41) is 2.59. The highest BCUT2D eigenvalue weighted by Gasteiger charge is 2.48. The lowest BCUT2D eigenvalue weighted by Crippen LogP contribution is -2.39. The van der Waals surface area contributed by atoms with Gasteiger partial charge in [0.05, 0.1) is 11.8 Å². The number of hydrogen-bond donors (Lipinski definition) is 1. The summed E-state index contributed by atoms with van der Waals surface area (Å²) in [6.45, 7) is 2.38. The SMILES string of the molecule is CC(=O)c1ccc(NC(=O)[C@H](C)OC(=O)CN2C(=O)[C@H]3CCCC[C@H]3C2=O)cc1. The highest BCUT2D eigenvalue weighted by molar-refractivity contribution is 6.07. The van der Waals surface area contributed by atoms with Gasteiger partial charge in [-0.2, -0.15) is 0 Å². The number of anilines is 1. The van der Waals surface area contributed by atoms with Crippen LogP contribution in [0.25, 0.3) is 0 Å². The van der Waals surface area contributed by atoms with Crippen molar-refractivity contribution in [3.63, 3.8) is 0 Å². The van der Waals surface area contributed by atoms with Crippen LogP contribution in [0.3, 0.4) is 0 Å². The lowest BCUT2D eigenvalue weighted by molar-refractivity contribution is -0.158. The van der Waals surface area contributed by atoms with Crippen LogP contribution in [0.2, 0.25) is 0 Å². The third-order valence-electron chi connectivity index (χ3n) is 5.46. The molecule has 8 nitrogen and oxygen atoms in total. The lowest BCUT2D eigenvalue weighted by Gasteiger charge is -2.19. The predicted molar refractivity (Wildman–Crippen MR) is 103 cm³/mol. The van der Waals surface area contributed by atoms with E-state index in [0.717, 1.165) is 17.7 Å². The Hall–Kier alpha value is -3.03. The zero-order valence-corrected chi connectivity index (χ0v) is 16.5. The van der Waals surface area contributed by atoms with Crippen LogP contribution in [-0.2, 0) is 23.9 Å². The maximum Gasteiger partial charge on any atom is 0.326 e. The molecule has 2 fully saturated rings. The number of nitrogens with zero attached hydrogens (tertiary/aromatic N) is 1. The van der Waals surface area contributed by atoms with Gasteiger partial charge in [-0.1, -0.05) is 12.8 Å². The van der Waals surface area contributed by atoms with Crippen LogP contribution < -0.4 is 5.32 Å². The Kier molecular flexibility index (Phi) is 6.10. The van der Waals surface area contributed by atoms with Crippen molar-refractivity contribution in [3.05, 3.63) is 29.8 Å². The van der Waals surface area contributed by atoms with E-state index in [2.05, 4.69) is 5.32 Å². The average Bonchev–Trinajstić information content (AvgIpc) is 2.93. The molecule has 3 amide bonds. The van der Waals surface area contributed by atoms with Gasteiger partial charge in [-0.05, 0) is 51.0 Å². The molecule has 1 aliphatic carbocycles. The fourth-order valence-electron chi connectivity index (χ4n) is 3.84. The minimum Gasteiger partial charge on any atom is -0.451 e. The molecule has 0 bridgehead atoms. The molecule has 3 atom stereocenters. The summed E-state index contributed by atoms with van der Waals surface area (Å²) < 4.78 is 5.11. The standard InChI is InChI=1S/C21H24N2O6/c1-12(24)14-7-9-15(10-8-14)22-19(26)13(2)29-18(25)11-23-20(27)16-5-3-4-6-17(16)21(23)28/h7-10,13,16-17H,3-6,11H2,1-2H3,(H,22,26)/t13-,16-,17+/m0/s1. The fourth-order valence-corrected chi connectivity index (χ4v) is 3.84. The number of benzene rings is 1. The molecule has 1 saturated carbocycles. The van der Waals surface area contributed by atoms with Crippen LogP contribution >= 0.6 is 0 Å². The van der Waals surface area contributed by atoms with Gasteiger partial charge in [-0.15, -0.1) is 0 Å². The van der Waals surface area contributed by atoms with Gasteiger partial charge in [0.1, 0.15) is 6.54 Å². The van der Waals surface area contributed by atoms with Gasteiger partial charge in [0, 0.05) is 11.3 Å². The molecule has 1 aliphatic heterocycles. The molecule has 1 heterocycles. The topological polar surface area (TPSA) is 110 Å². The third kappa shape index (κ3) is 4.52. The molecule has 154 valence electrons. The summed E-state index contributed by atoms with van der Waals surface area (Å²) in [5.74, 6) is -2.75. The first-order valence-electron chi connectivity index (χ1n) is 9.74. The number of esters is 1. The molecule has 0 unspecified atom stereocenters. The van der Waals surface area contributed by atoms with E-state index in [9.17, 15) is 24.0 Å². The molecule has 1 aromatic rings. The van der Waals surface area contributed by atoms with Gasteiger partial charge < -0.3 is 10.1 Å². The first kappa shape index (κ1) is 20.7. The summed E-state index contributed by atoms with van der Waals surface area (Å²) in [6.07, 6.45) is 2.04. The maximum atomic E-state index is 12.4. The molecule has 1 aromatic carbocycles. The van der Waals surface area contributed by atoms with Gasteiger partial charge in [-0.25, -0.2) is 0 Å². The van der Waals surface area contributed by atoms with Crippen molar-refractivity contribution in [1.82, 2.24) is 4.90 Å². The number of ketones is 1. The van der Waals surface area contributed by atoms with Crippen LogP contribution in [0.4, 0.5) is 5.69 Å². The monoisotopic (exact) mass is 400 g/mol. The minimum absolute atomic E-state index is 0.0870. The molecule has 0 spiro atoms. The highest BCUT2D eigenvalue weighted by atomic mass is 16.5. The number of fused-ring (bicyclic) bond motifs is 1. The van der Waals surface area contributed by atoms with E-state index in [1.54, 1.807) is 24.3 Å². The van der Waals surface area contributed by atoms with Crippen molar-refractivity contribution >= 4 is 35.2 Å². The second kappa shape index (κ2) is 8.55. The number of rotatable bonds is 6. The number of carbonyl (C=O) groups is 5. The van der Waals surface area contributed by atoms with E-state index in [4.69, 9.17) is 4.74 Å². The van der Waals surface area contributed by atoms with Crippen molar-refractivity contribution in [3.8, 4) is 0 Å². The molecule has 1 saturated heterocycles. The third-order valence-corrected chi connectivity index (χ3v) is 5.46. The van der Waals surface area contributed by atoms with Crippen molar-refractivity contribution in [2.24, 2.45) is 11.8 Å². The van der Waals surface area contributed by atoms with Gasteiger partial charge >= 0.3 is 5.97 Å². The molecule has 8 heteroatoms. The van der Waals surface area contributed by atoms with Crippen LogP contribution in [0.1, 0.15) is 49.9 Å². The maximum absolute atomic E-state index is 12.4. The Morgan fingerprint density at radius 3 is 2.14 bits per heavy atom. The van der Waals surface area contributed by atoms with Gasteiger partial charge in [0.15, 0.2) is 11.9 Å². The molecule has 2 aliphatic rings. The number of amides is 3. The average molecular weight is 400 g/mol. The first-order chi connectivity index (χ1) is 13.8. The summed E-state index contributed by atoms with van der Waals surface area (Å²) in [7, 11) is 0. The number of hydrogen-bond acceptors (Lipinski definition) is 6. The van der Waals surface area contributed by atoms with E-state index in [1.165, 1.54) is 13.8 Å². The summed E-state index contributed by atoms with van der Waals surface area (Å²) in [4.78, 5) is 61.5. The Labute approximate surface area is 168 Å². The summed E-state index contributed by atoms with van der Waals surface area (Å²) >= 11 is 0. The normalized spacial score (nSPS) is 22.1. The number of imide groups is 1. The van der Waals surface area contributed by atoms with Crippen LogP contribution in [0.15, 0.2) is 24.3 Å². The van der Waals surface area contributed by atoms with E-state index in [-0.39, 0.29) is 29.4 Å². The number of ether oxygens (including phenoxy) is 1. The first-order valence-corrected chi connectivity index (χ1v) is 9.74. The van der Waals surface area contributed by atoms with Crippen molar-refractivity contribution in [1.29, 1.82) is 0 Å². The molecule has 3 rings (SSSR count). The second-order valence-corrected chi connectivity index (χ2v) is 7.51. The number of nitrogens with one attached hydrogen (secondary N) is 1. The predicted octanol–water partition coefficient (Wildman–Crippen LogP) is 1.93. The second-order valence-electron chi connectivity index (χ2n) is 7.51. The lowest BCUT2D eigenvalue weighted by atomic mass is 9.81. The van der Waals surface area contributed by atoms with Crippen LogP contribution in [-0.4, -0.2) is 47.0 Å². The zero-order valence-electron chi connectivity index (χ0n) is 16.5. The number of likely N-dealkylation sites (tertiary alicyclic amines) is 1. The summed E-state index contributed by atoms with van der Waals surface area (Å²) in [5.41, 5.74) is 0.972. The van der Waals surface area contributed by atoms with Crippen LogP contribution in [0.5, 0.6) is 0 Å². The van der Waals surface area contributed by atoms with Crippen molar-refractivity contribution in [2.45, 2.75) is 45.6 Å². The van der Waals surface area contributed by atoms with E-state index in [1.807, 2.05) is 0 Å². The Balaban J connectivity index is 1.53. The fraction of sp³-hybridized carbons (Fsp3) is 0.476. The Bertz CT molecular complexity index is 823. The largest absolute Gasteiger partial charge is 0.451 e. The Morgan fingerprint density at radius 2 is 1.62 bits per heavy atom. The Morgan fingerprint density at radius 1 is 1.07 bits per heavy atom. The molecular weight excluding hydrogens is 376 g/mol. The number of Topliss-reactive ketones (excluding diaryl/α,β-unsaturated/α-hetero) is 1. The van der Waals surface area contributed by atoms with Crippen LogP contribution in [0, 0.1) is 11.8 Å². The van der Waals surface area contributed by atoms with Gasteiger partial charge in [-0.3, -0.25) is 28.9 Å². The van der Waals surface area contributed by atoms with Gasteiger partial charge in [0.25, 0.3) is 5.91 Å². The molecular formula is C21H24N2O6. The van der Waals surface area contributed by atoms with E-state index < -0.39 is 24.5 Å². The van der Waals surface area contributed by atoms with Gasteiger partial charge in [0.2, 0.25) is 11.8 Å². The smallest absolute Gasteiger partial charge is 0.326 e. The van der Waals surface area contributed by atoms with Crippen molar-refractivity contribution < 1.29 is 28.7 Å². The molecule has 0 radical (unpaired) electrons. The van der Waals surface area contributed by atoms with E-state index in [0.29, 0.717) is 24.1 Å². The number of carbonyl (C=O) groups excluding carboxylic acids is 5. The zero-order chi connectivity index (χ0) is 21.1. The quantitative estimate of drug-likeness (QED) is 0.444. The van der Waals surface area contributed by atoms with Crippen molar-refractivity contribution in [2.75, 3.05) is 11.9 Å². The molecule has 29 heavy (non-hydrogen) atoms. The molecule has 1 N–H and O–H groups in total.